The number of fused-ring (bicyclic) bond motifs is 1. The highest BCUT2D eigenvalue weighted by Gasteiger charge is 2.40. The molecule has 25 heavy (non-hydrogen) atoms. The van der Waals surface area contributed by atoms with Crippen molar-refractivity contribution in [3.63, 3.8) is 0 Å². The second-order valence-electron chi connectivity index (χ2n) is 7.04. The molecule has 4 atom stereocenters. The molecule has 3 rings (SSSR count). The Morgan fingerprint density at radius 1 is 1.40 bits per heavy atom. The van der Waals surface area contributed by atoms with Gasteiger partial charge in [0.2, 0.25) is 5.91 Å². The predicted octanol–water partition coefficient (Wildman–Crippen LogP) is 3.27. The van der Waals surface area contributed by atoms with Crippen molar-refractivity contribution in [3.8, 4) is 5.75 Å². The molecule has 136 valence electrons. The number of amides is 2. The zero-order valence-electron chi connectivity index (χ0n) is 14.7. The number of nitrogens with one attached hydrogen (secondary N) is 2. The maximum atomic E-state index is 12.7. The fourth-order valence-electron chi connectivity index (χ4n) is 4.23. The molecule has 5 nitrogen and oxygen atoms in total. The smallest absolute Gasteiger partial charge is 0.252 e. The molecule has 1 aromatic rings. The van der Waals surface area contributed by atoms with Gasteiger partial charge in [0.1, 0.15) is 5.75 Å². The van der Waals surface area contributed by atoms with Gasteiger partial charge in [0.25, 0.3) is 5.91 Å². The molecule has 0 radical (unpaired) electrons. The molecule has 4 unspecified atom stereocenters. The quantitative estimate of drug-likeness (QED) is 0.802. The largest absolute Gasteiger partial charge is 0.497 e. The lowest BCUT2D eigenvalue weighted by molar-refractivity contribution is -0.127. The highest BCUT2D eigenvalue weighted by Crippen LogP contribution is 2.37. The van der Waals surface area contributed by atoms with E-state index in [4.69, 9.17) is 4.74 Å². The number of methoxy groups -OCH3 is 1. The summed E-state index contributed by atoms with van der Waals surface area (Å²) in [5.41, 5.74) is 0.570. The van der Waals surface area contributed by atoms with Gasteiger partial charge < -0.3 is 15.4 Å². The van der Waals surface area contributed by atoms with Crippen LogP contribution in [0, 0.1) is 11.8 Å². The van der Waals surface area contributed by atoms with Crippen LogP contribution in [0.15, 0.2) is 22.7 Å². The number of piperidine rings is 1. The van der Waals surface area contributed by atoms with E-state index >= 15 is 0 Å². The number of hydrogen-bond acceptors (Lipinski definition) is 3. The summed E-state index contributed by atoms with van der Waals surface area (Å²) in [6.45, 7) is 2.16. The molecule has 1 aliphatic heterocycles. The lowest BCUT2D eigenvalue weighted by Gasteiger charge is -2.44. The van der Waals surface area contributed by atoms with Gasteiger partial charge in [0, 0.05) is 23.0 Å². The monoisotopic (exact) mass is 408 g/mol. The minimum absolute atomic E-state index is 0.0859. The van der Waals surface area contributed by atoms with Crippen molar-refractivity contribution in [3.05, 3.63) is 28.2 Å². The van der Waals surface area contributed by atoms with Crippen molar-refractivity contribution in [2.75, 3.05) is 7.11 Å². The molecule has 2 aliphatic rings. The van der Waals surface area contributed by atoms with Crippen LogP contribution in [-0.2, 0) is 4.79 Å². The lowest BCUT2D eigenvalue weighted by Crippen LogP contribution is -2.55. The predicted molar refractivity (Wildman–Crippen MR) is 99.6 cm³/mol. The second kappa shape index (κ2) is 7.77. The molecular weight excluding hydrogens is 384 g/mol. The van der Waals surface area contributed by atoms with Gasteiger partial charge in [-0.25, -0.2) is 0 Å². The third kappa shape index (κ3) is 4.00. The van der Waals surface area contributed by atoms with Crippen molar-refractivity contribution in [1.29, 1.82) is 0 Å². The second-order valence-corrected chi connectivity index (χ2v) is 7.89. The number of benzene rings is 1. The first kappa shape index (κ1) is 18.2. The van der Waals surface area contributed by atoms with Crippen molar-refractivity contribution in [1.82, 2.24) is 10.6 Å². The molecule has 1 aromatic carbocycles. The topological polar surface area (TPSA) is 67.4 Å². The number of halogens is 1. The Bertz CT molecular complexity index is 664. The molecule has 1 aliphatic carbocycles. The van der Waals surface area contributed by atoms with Gasteiger partial charge in [0.05, 0.1) is 12.7 Å². The Labute approximate surface area is 157 Å². The molecule has 6 heteroatoms. The van der Waals surface area contributed by atoms with Gasteiger partial charge in [-0.3, -0.25) is 9.59 Å². The maximum Gasteiger partial charge on any atom is 0.252 e. The fraction of sp³-hybridized carbons (Fsp3) is 0.579. The molecule has 0 aromatic heterocycles. The highest BCUT2D eigenvalue weighted by atomic mass is 79.9. The molecule has 2 fully saturated rings. The van der Waals surface area contributed by atoms with E-state index in [1.54, 1.807) is 13.2 Å². The summed E-state index contributed by atoms with van der Waals surface area (Å²) in [7, 11) is 1.59. The molecule has 2 N–H and O–H groups in total. The van der Waals surface area contributed by atoms with E-state index in [1.807, 2.05) is 12.1 Å². The standard InChI is InChI=1S/C19H25BrN2O3/c1-3-11-8-18(23)22-17-9-12(4-6-14(11)17)21-19(24)15-10-13(25-2)5-7-16(15)20/h5,7,10-12,14,17H,3-4,6,8-9H2,1-2H3,(H,21,24)(H,22,23). The van der Waals surface area contributed by atoms with Crippen molar-refractivity contribution in [2.24, 2.45) is 11.8 Å². The number of carbonyl (C=O) groups excluding carboxylic acids is 2. The Hall–Kier alpha value is -1.56. The van der Waals surface area contributed by atoms with Crippen molar-refractivity contribution in [2.45, 2.75) is 51.1 Å². The summed E-state index contributed by atoms with van der Waals surface area (Å²) in [5.74, 6) is 1.71. The molecule has 1 saturated heterocycles. The zero-order chi connectivity index (χ0) is 18.0. The molecule has 0 bridgehead atoms. The van der Waals surface area contributed by atoms with Crippen molar-refractivity contribution < 1.29 is 14.3 Å². The average molecular weight is 409 g/mol. The summed E-state index contributed by atoms with van der Waals surface area (Å²) < 4.78 is 5.96. The first-order chi connectivity index (χ1) is 12.0. The molecule has 2 amide bonds. The van der Waals surface area contributed by atoms with E-state index < -0.39 is 0 Å². The molecular formula is C19H25BrN2O3. The minimum atomic E-state index is -0.108. The fourth-order valence-corrected chi connectivity index (χ4v) is 4.65. The first-order valence-corrected chi connectivity index (χ1v) is 9.74. The van der Waals surface area contributed by atoms with Crippen LogP contribution in [0.5, 0.6) is 5.75 Å². The Morgan fingerprint density at radius 3 is 2.92 bits per heavy atom. The van der Waals surface area contributed by atoms with E-state index in [0.29, 0.717) is 29.6 Å². The molecule has 1 heterocycles. The zero-order valence-corrected chi connectivity index (χ0v) is 16.3. The molecule has 0 spiro atoms. The normalized spacial score (nSPS) is 28.7. The minimum Gasteiger partial charge on any atom is -0.497 e. The summed E-state index contributed by atoms with van der Waals surface area (Å²) in [4.78, 5) is 24.6. The number of rotatable bonds is 4. The van der Waals surface area contributed by atoms with Gasteiger partial charge in [-0.1, -0.05) is 13.3 Å². The summed E-state index contributed by atoms with van der Waals surface area (Å²) in [6.07, 6.45) is 4.50. The van der Waals surface area contributed by atoms with Gasteiger partial charge in [-0.05, 0) is 65.2 Å². The number of carbonyl (C=O) groups is 2. The van der Waals surface area contributed by atoms with E-state index in [2.05, 4.69) is 33.5 Å². The Balaban J connectivity index is 1.66. The van der Waals surface area contributed by atoms with Crippen LogP contribution in [0.4, 0.5) is 0 Å². The van der Waals surface area contributed by atoms with Crippen molar-refractivity contribution >= 4 is 27.7 Å². The molecule has 1 saturated carbocycles. The van der Waals surface area contributed by atoms with Crippen LogP contribution < -0.4 is 15.4 Å². The third-order valence-electron chi connectivity index (χ3n) is 5.58. The number of hydrogen-bond donors (Lipinski definition) is 2. The average Bonchev–Trinajstić information content (AvgIpc) is 2.60. The van der Waals surface area contributed by atoms with Crippen LogP contribution in [0.3, 0.4) is 0 Å². The van der Waals surface area contributed by atoms with E-state index in [-0.39, 0.29) is 23.9 Å². The van der Waals surface area contributed by atoms with Crippen LogP contribution in [0.25, 0.3) is 0 Å². The van der Waals surface area contributed by atoms with E-state index in [0.717, 1.165) is 30.2 Å². The van der Waals surface area contributed by atoms with E-state index in [9.17, 15) is 9.59 Å². The lowest BCUT2D eigenvalue weighted by atomic mass is 9.70. The van der Waals surface area contributed by atoms with Gasteiger partial charge in [0.15, 0.2) is 0 Å². The third-order valence-corrected chi connectivity index (χ3v) is 6.27. The summed E-state index contributed by atoms with van der Waals surface area (Å²) in [5, 5.41) is 6.27. The Kier molecular flexibility index (Phi) is 5.67. The van der Waals surface area contributed by atoms with Crippen LogP contribution in [-0.4, -0.2) is 31.0 Å². The van der Waals surface area contributed by atoms with Crippen LogP contribution in [0.2, 0.25) is 0 Å². The SMILES string of the molecule is CCC1CC(=O)NC2CC(NC(=O)c3cc(OC)ccc3Br)CCC12. The van der Waals surface area contributed by atoms with Gasteiger partial charge >= 0.3 is 0 Å². The summed E-state index contributed by atoms with van der Waals surface area (Å²) in [6, 6.07) is 5.63. The van der Waals surface area contributed by atoms with Gasteiger partial charge in [-0.2, -0.15) is 0 Å². The van der Waals surface area contributed by atoms with E-state index in [1.165, 1.54) is 0 Å². The first-order valence-electron chi connectivity index (χ1n) is 8.95. The highest BCUT2D eigenvalue weighted by molar-refractivity contribution is 9.10. The van der Waals surface area contributed by atoms with Crippen LogP contribution in [0.1, 0.15) is 49.4 Å². The van der Waals surface area contributed by atoms with Crippen LogP contribution >= 0.6 is 15.9 Å². The number of ether oxygens (including phenoxy) is 1. The summed E-state index contributed by atoms with van der Waals surface area (Å²) >= 11 is 3.43. The maximum absolute atomic E-state index is 12.7. The Morgan fingerprint density at radius 2 is 2.20 bits per heavy atom. The van der Waals surface area contributed by atoms with Gasteiger partial charge in [-0.15, -0.1) is 0 Å².